The van der Waals surface area contributed by atoms with Crippen LogP contribution in [0.3, 0.4) is 0 Å². The molecule has 17 heavy (non-hydrogen) atoms. The van der Waals surface area contributed by atoms with Gasteiger partial charge < -0.3 is 15.0 Å². The van der Waals surface area contributed by atoms with Gasteiger partial charge in [-0.1, -0.05) is 13.0 Å². The van der Waals surface area contributed by atoms with Crippen LogP contribution in [0.2, 0.25) is 0 Å². The van der Waals surface area contributed by atoms with Gasteiger partial charge in [-0.15, -0.1) is 6.58 Å². The average Bonchev–Trinajstić information content (AvgIpc) is 2.33. The van der Waals surface area contributed by atoms with Gasteiger partial charge in [0.1, 0.15) is 11.6 Å². The Labute approximate surface area is 101 Å². The molecular formula is C12H19N3O2. The largest absolute Gasteiger partial charge is 0.379 e. The molecule has 0 aliphatic carbocycles. The number of nitrogens with one attached hydrogen (secondary N) is 2. The van der Waals surface area contributed by atoms with Crippen molar-refractivity contribution in [3.63, 3.8) is 0 Å². The lowest BCUT2D eigenvalue weighted by molar-refractivity contribution is 0.149. The second-order valence-electron chi connectivity index (χ2n) is 3.55. The highest BCUT2D eigenvalue weighted by Gasteiger charge is 1.98. The van der Waals surface area contributed by atoms with Crippen molar-refractivity contribution >= 4 is 5.82 Å². The smallest absolute Gasteiger partial charge is 0.252 e. The normalized spacial score (nSPS) is 10.2. The highest BCUT2D eigenvalue weighted by molar-refractivity contribution is 5.32. The van der Waals surface area contributed by atoms with Crippen molar-refractivity contribution < 1.29 is 4.74 Å². The standard InChI is InChI=1S/C12H19N3O2/c1-3-5-7-17-8-6-13-11-9-12(16)15-10(4-2)14-11/h3,9H,1,4-8H2,2H3,(H2,13,14,15,16). The van der Waals surface area contributed by atoms with Crippen molar-refractivity contribution in [2.45, 2.75) is 19.8 Å². The predicted octanol–water partition coefficient (Wildman–Crippen LogP) is 1.34. The molecule has 5 heteroatoms. The second kappa shape index (κ2) is 7.62. The fourth-order valence-corrected chi connectivity index (χ4v) is 1.29. The highest BCUT2D eigenvalue weighted by atomic mass is 16.5. The summed E-state index contributed by atoms with van der Waals surface area (Å²) in [5.41, 5.74) is -0.132. The van der Waals surface area contributed by atoms with E-state index in [1.165, 1.54) is 6.07 Å². The zero-order valence-corrected chi connectivity index (χ0v) is 10.2. The molecule has 0 aliphatic heterocycles. The van der Waals surface area contributed by atoms with Crippen LogP contribution in [-0.4, -0.2) is 29.7 Å². The summed E-state index contributed by atoms with van der Waals surface area (Å²) in [4.78, 5) is 18.2. The van der Waals surface area contributed by atoms with Gasteiger partial charge in [0.25, 0.3) is 5.56 Å². The molecule has 1 rings (SSSR count). The minimum Gasteiger partial charge on any atom is -0.379 e. The van der Waals surface area contributed by atoms with E-state index in [4.69, 9.17) is 4.74 Å². The van der Waals surface area contributed by atoms with E-state index < -0.39 is 0 Å². The van der Waals surface area contributed by atoms with E-state index in [9.17, 15) is 4.79 Å². The summed E-state index contributed by atoms with van der Waals surface area (Å²) in [5, 5.41) is 3.06. The quantitative estimate of drug-likeness (QED) is 0.529. The lowest BCUT2D eigenvalue weighted by Gasteiger charge is -2.06. The molecule has 0 atom stereocenters. The maximum Gasteiger partial charge on any atom is 0.252 e. The van der Waals surface area contributed by atoms with E-state index in [2.05, 4.69) is 21.9 Å². The van der Waals surface area contributed by atoms with Crippen molar-refractivity contribution in [3.05, 3.63) is 34.9 Å². The Kier molecular flexibility index (Phi) is 6.03. The molecule has 0 radical (unpaired) electrons. The SMILES string of the molecule is C=CCCOCCNc1cc(=O)[nH]c(CC)n1. The number of rotatable bonds is 8. The van der Waals surface area contributed by atoms with E-state index in [0.29, 0.717) is 37.8 Å². The Hall–Kier alpha value is -1.62. The zero-order chi connectivity index (χ0) is 12.5. The van der Waals surface area contributed by atoms with Gasteiger partial charge in [0.2, 0.25) is 0 Å². The molecule has 1 aromatic rings. The Morgan fingerprint density at radius 3 is 3.12 bits per heavy atom. The van der Waals surface area contributed by atoms with Crippen molar-refractivity contribution in [2.75, 3.05) is 25.1 Å². The van der Waals surface area contributed by atoms with Gasteiger partial charge in [-0.05, 0) is 6.42 Å². The zero-order valence-electron chi connectivity index (χ0n) is 10.2. The third kappa shape index (κ3) is 5.31. The summed E-state index contributed by atoms with van der Waals surface area (Å²) in [7, 11) is 0. The van der Waals surface area contributed by atoms with Crippen LogP contribution < -0.4 is 10.9 Å². The van der Waals surface area contributed by atoms with E-state index in [0.717, 1.165) is 6.42 Å². The summed E-state index contributed by atoms with van der Waals surface area (Å²) >= 11 is 0. The third-order valence-corrected chi connectivity index (χ3v) is 2.14. The first-order chi connectivity index (χ1) is 8.26. The molecule has 0 amide bonds. The number of ether oxygens (including phenoxy) is 1. The number of H-pyrrole nitrogens is 1. The molecule has 0 unspecified atom stereocenters. The monoisotopic (exact) mass is 237 g/mol. The Morgan fingerprint density at radius 2 is 2.41 bits per heavy atom. The second-order valence-corrected chi connectivity index (χ2v) is 3.55. The lowest BCUT2D eigenvalue weighted by atomic mass is 10.4. The molecular weight excluding hydrogens is 218 g/mol. The molecule has 2 N–H and O–H groups in total. The summed E-state index contributed by atoms with van der Waals surface area (Å²) in [6, 6.07) is 1.45. The first-order valence-electron chi connectivity index (χ1n) is 5.79. The van der Waals surface area contributed by atoms with Gasteiger partial charge in [0.15, 0.2) is 0 Å². The molecule has 0 saturated carbocycles. The van der Waals surface area contributed by atoms with Crippen LogP contribution in [0.1, 0.15) is 19.2 Å². The number of nitrogens with zero attached hydrogens (tertiary/aromatic N) is 1. The van der Waals surface area contributed by atoms with Crippen LogP contribution in [0.25, 0.3) is 0 Å². The van der Waals surface area contributed by atoms with Crippen LogP contribution in [-0.2, 0) is 11.2 Å². The average molecular weight is 237 g/mol. The van der Waals surface area contributed by atoms with Gasteiger partial charge in [-0.3, -0.25) is 4.79 Å². The van der Waals surface area contributed by atoms with Crippen molar-refractivity contribution in [3.8, 4) is 0 Å². The first-order valence-corrected chi connectivity index (χ1v) is 5.79. The van der Waals surface area contributed by atoms with E-state index in [-0.39, 0.29) is 5.56 Å². The van der Waals surface area contributed by atoms with Crippen LogP contribution in [0.15, 0.2) is 23.5 Å². The molecule has 0 saturated heterocycles. The van der Waals surface area contributed by atoms with E-state index >= 15 is 0 Å². The van der Waals surface area contributed by atoms with E-state index in [1.54, 1.807) is 0 Å². The number of hydrogen-bond acceptors (Lipinski definition) is 4. The first kappa shape index (κ1) is 13.4. The summed E-state index contributed by atoms with van der Waals surface area (Å²) in [6.07, 6.45) is 3.38. The van der Waals surface area contributed by atoms with Gasteiger partial charge >= 0.3 is 0 Å². The number of aromatic nitrogens is 2. The summed E-state index contributed by atoms with van der Waals surface area (Å²) < 4.78 is 5.34. The molecule has 5 nitrogen and oxygen atoms in total. The lowest BCUT2D eigenvalue weighted by Crippen LogP contribution is -2.16. The van der Waals surface area contributed by atoms with Crippen LogP contribution in [0.5, 0.6) is 0 Å². The molecule has 0 aliphatic rings. The summed E-state index contributed by atoms with van der Waals surface area (Å²) in [6.45, 7) is 7.45. The molecule has 1 heterocycles. The third-order valence-electron chi connectivity index (χ3n) is 2.14. The van der Waals surface area contributed by atoms with Gasteiger partial charge in [-0.2, -0.15) is 0 Å². The summed E-state index contributed by atoms with van der Waals surface area (Å²) in [5.74, 6) is 1.28. The Morgan fingerprint density at radius 1 is 1.59 bits per heavy atom. The fourth-order valence-electron chi connectivity index (χ4n) is 1.29. The fraction of sp³-hybridized carbons (Fsp3) is 0.500. The van der Waals surface area contributed by atoms with Crippen LogP contribution in [0.4, 0.5) is 5.82 Å². The molecule has 1 aromatic heterocycles. The number of aryl methyl sites for hydroxylation is 1. The minimum absolute atomic E-state index is 0.132. The van der Waals surface area contributed by atoms with Crippen LogP contribution >= 0.6 is 0 Å². The Bertz CT molecular complexity index is 401. The number of aromatic amines is 1. The van der Waals surface area contributed by atoms with E-state index in [1.807, 2.05) is 13.0 Å². The molecule has 0 fully saturated rings. The minimum atomic E-state index is -0.132. The number of anilines is 1. The van der Waals surface area contributed by atoms with Crippen molar-refractivity contribution in [2.24, 2.45) is 0 Å². The van der Waals surface area contributed by atoms with Crippen molar-refractivity contribution in [1.29, 1.82) is 0 Å². The topological polar surface area (TPSA) is 67.0 Å². The Balaban J connectivity index is 2.33. The molecule has 0 spiro atoms. The van der Waals surface area contributed by atoms with Crippen molar-refractivity contribution in [1.82, 2.24) is 9.97 Å². The number of hydrogen-bond donors (Lipinski definition) is 2. The predicted molar refractivity (Wildman–Crippen MR) is 68.4 cm³/mol. The van der Waals surface area contributed by atoms with Gasteiger partial charge in [0.05, 0.1) is 13.2 Å². The molecule has 0 bridgehead atoms. The maximum absolute atomic E-state index is 11.3. The van der Waals surface area contributed by atoms with Gasteiger partial charge in [0, 0.05) is 19.0 Å². The maximum atomic E-state index is 11.3. The van der Waals surface area contributed by atoms with Gasteiger partial charge in [-0.25, -0.2) is 4.98 Å². The van der Waals surface area contributed by atoms with Crippen LogP contribution in [0, 0.1) is 0 Å². The highest BCUT2D eigenvalue weighted by Crippen LogP contribution is 1.98. The molecule has 94 valence electrons. The molecule has 0 aromatic carbocycles.